The third kappa shape index (κ3) is 3.64. The van der Waals surface area contributed by atoms with Crippen LogP contribution in [0, 0.1) is 11.3 Å². The van der Waals surface area contributed by atoms with E-state index in [4.69, 9.17) is 5.53 Å². The second kappa shape index (κ2) is 8.16. The maximum atomic E-state index is 13.8. The van der Waals surface area contributed by atoms with Crippen LogP contribution < -0.4 is 10.6 Å². The third-order valence-electron chi connectivity index (χ3n) is 4.72. The Labute approximate surface area is 172 Å². The summed E-state index contributed by atoms with van der Waals surface area (Å²) in [5, 5.41) is 10.5. The summed E-state index contributed by atoms with van der Waals surface area (Å²) in [6.45, 7) is 1.93. The Balaban J connectivity index is 1.82. The highest BCUT2D eigenvalue weighted by Crippen LogP contribution is 2.30. The molecule has 3 aromatic rings. The lowest BCUT2D eigenvalue weighted by Gasteiger charge is -2.19. The molecule has 0 radical (unpaired) electrons. The van der Waals surface area contributed by atoms with Crippen molar-refractivity contribution in [2.75, 3.05) is 7.05 Å². The lowest BCUT2D eigenvalue weighted by molar-refractivity contribution is 0.628. The minimum absolute atomic E-state index is 0.274. The molecular formula is C21H19FN8. The van der Waals surface area contributed by atoms with Gasteiger partial charge in [-0.1, -0.05) is 6.07 Å². The number of benzene rings is 1. The smallest absolute Gasteiger partial charge is 0.178 e. The number of amidine groups is 1. The van der Waals surface area contributed by atoms with Crippen LogP contribution >= 0.6 is 0 Å². The molecule has 9 heteroatoms. The van der Waals surface area contributed by atoms with Gasteiger partial charge < -0.3 is 10.6 Å². The van der Waals surface area contributed by atoms with Gasteiger partial charge in [0.1, 0.15) is 5.82 Å². The van der Waals surface area contributed by atoms with Crippen molar-refractivity contribution in [3.05, 3.63) is 71.6 Å². The molecular weight excluding hydrogens is 383 g/mol. The van der Waals surface area contributed by atoms with Gasteiger partial charge in [0.05, 0.1) is 29.3 Å². The van der Waals surface area contributed by atoms with E-state index in [1.165, 1.54) is 18.5 Å². The fraction of sp³-hybridized carbons (Fsp3) is 0.143. The van der Waals surface area contributed by atoms with Crippen molar-refractivity contribution >= 4 is 23.1 Å². The molecule has 3 N–H and O–H groups in total. The quantitative estimate of drug-likeness (QED) is 0.561. The molecule has 3 heterocycles. The van der Waals surface area contributed by atoms with E-state index in [0.29, 0.717) is 28.4 Å². The zero-order valence-corrected chi connectivity index (χ0v) is 16.4. The predicted octanol–water partition coefficient (Wildman–Crippen LogP) is 3.95. The first-order chi connectivity index (χ1) is 14.6. The first-order valence-electron chi connectivity index (χ1n) is 9.27. The fourth-order valence-corrected chi connectivity index (χ4v) is 3.26. The molecule has 0 aliphatic carbocycles. The molecule has 0 spiro atoms. The average molecular weight is 402 g/mol. The lowest BCUT2D eigenvalue weighted by Crippen LogP contribution is -2.23. The Kier molecular flexibility index (Phi) is 5.25. The van der Waals surface area contributed by atoms with Gasteiger partial charge in [0, 0.05) is 30.3 Å². The van der Waals surface area contributed by atoms with Crippen LogP contribution in [-0.2, 0) is 0 Å². The summed E-state index contributed by atoms with van der Waals surface area (Å²) in [5.41, 5.74) is 10.7. The molecule has 0 bridgehead atoms. The summed E-state index contributed by atoms with van der Waals surface area (Å²) in [6, 6.07) is 11.7. The van der Waals surface area contributed by atoms with Gasteiger partial charge in [0.25, 0.3) is 0 Å². The molecule has 0 saturated carbocycles. The molecule has 1 aliphatic rings. The Morgan fingerprint density at radius 2 is 2.10 bits per heavy atom. The molecule has 1 atom stereocenters. The molecule has 0 fully saturated rings. The Morgan fingerprint density at radius 3 is 2.83 bits per heavy atom. The van der Waals surface area contributed by atoms with Crippen LogP contribution in [0.4, 0.5) is 4.39 Å². The van der Waals surface area contributed by atoms with Crippen LogP contribution in [0.15, 0.2) is 75.3 Å². The van der Waals surface area contributed by atoms with E-state index >= 15 is 0 Å². The van der Waals surface area contributed by atoms with E-state index in [-0.39, 0.29) is 17.7 Å². The maximum Gasteiger partial charge on any atom is 0.178 e. The van der Waals surface area contributed by atoms with Crippen molar-refractivity contribution in [1.29, 1.82) is 5.53 Å². The molecule has 1 aromatic carbocycles. The van der Waals surface area contributed by atoms with Gasteiger partial charge in [-0.25, -0.2) is 19.9 Å². The molecule has 0 amide bonds. The summed E-state index contributed by atoms with van der Waals surface area (Å²) in [5.74, 6) is 0.451. The molecule has 30 heavy (non-hydrogen) atoms. The summed E-state index contributed by atoms with van der Waals surface area (Å²) >= 11 is 0. The number of fused-ring (bicyclic) bond motifs is 1. The van der Waals surface area contributed by atoms with E-state index in [1.807, 2.05) is 31.2 Å². The van der Waals surface area contributed by atoms with Gasteiger partial charge in [-0.2, -0.15) is 0 Å². The molecule has 1 aliphatic heterocycles. The molecule has 8 nitrogen and oxygen atoms in total. The van der Waals surface area contributed by atoms with Crippen LogP contribution in [0.5, 0.6) is 0 Å². The lowest BCUT2D eigenvalue weighted by atomic mass is 10.0. The fourth-order valence-electron chi connectivity index (χ4n) is 3.26. The van der Waals surface area contributed by atoms with Gasteiger partial charge in [-0.05, 0) is 37.3 Å². The topological polar surface area (TPSA) is 111 Å². The highest BCUT2D eigenvalue weighted by Gasteiger charge is 2.21. The minimum Gasteiger partial charge on any atom is -0.360 e. The molecule has 150 valence electrons. The minimum atomic E-state index is -0.348. The van der Waals surface area contributed by atoms with Gasteiger partial charge in [-0.3, -0.25) is 9.98 Å². The number of pyridine rings is 2. The van der Waals surface area contributed by atoms with Crippen LogP contribution in [0.3, 0.4) is 0 Å². The summed E-state index contributed by atoms with van der Waals surface area (Å²) in [4.78, 5) is 17.4. The number of nitrogens with one attached hydrogen (secondary N) is 3. The van der Waals surface area contributed by atoms with Crippen molar-refractivity contribution < 1.29 is 4.39 Å². The Hall–Kier alpha value is -4.01. The predicted molar refractivity (Wildman–Crippen MR) is 114 cm³/mol. The normalized spacial score (nSPS) is 17.1. The van der Waals surface area contributed by atoms with Crippen LogP contribution in [0.1, 0.15) is 18.5 Å². The number of rotatable bonds is 5. The van der Waals surface area contributed by atoms with Gasteiger partial charge in [0.15, 0.2) is 17.4 Å². The highest BCUT2D eigenvalue weighted by molar-refractivity contribution is 6.09. The first kappa shape index (κ1) is 19.3. The van der Waals surface area contributed by atoms with E-state index in [2.05, 4.69) is 35.7 Å². The van der Waals surface area contributed by atoms with E-state index in [9.17, 15) is 4.39 Å². The van der Waals surface area contributed by atoms with Crippen LogP contribution in [0.25, 0.3) is 22.3 Å². The molecule has 0 unspecified atom stereocenters. The number of hydrogen-bond acceptors (Lipinski definition) is 7. The van der Waals surface area contributed by atoms with Crippen LogP contribution in [0.2, 0.25) is 0 Å². The number of hydrogen-bond donors (Lipinski definition) is 3. The zero-order valence-electron chi connectivity index (χ0n) is 16.4. The van der Waals surface area contributed by atoms with Gasteiger partial charge in [0.2, 0.25) is 0 Å². The maximum absolute atomic E-state index is 13.8. The second-order valence-corrected chi connectivity index (χ2v) is 6.63. The second-order valence-electron chi connectivity index (χ2n) is 6.63. The molecule has 2 aromatic heterocycles. The monoisotopic (exact) mass is 402 g/mol. The highest BCUT2D eigenvalue weighted by atomic mass is 19.1. The van der Waals surface area contributed by atoms with Crippen molar-refractivity contribution in [1.82, 2.24) is 20.6 Å². The summed E-state index contributed by atoms with van der Waals surface area (Å²) in [7, 11) is 1.63. The van der Waals surface area contributed by atoms with E-state index in [0.717, 1.165) is 10.9 Å². The summed E-state index contributed by atoms with van der Waals surface area (Å²) in [6.07, 6.45) is 3.19. The number of aliphatic imine (C=N–C) groups is 2. The van der Waals surface area contributed by atoms with E-state index in [1.54, 1.807) is 19.3 Å². The van der Waals surface area contributed by atoms with Gasteiger partial charge >= 0.3 is 0 Å². The van der Waals surface area contributed by atoms with Crippen molar-refractivity contribution in [2.24, 2.45) is 15.1 Å². The third-order valence-corrected chi connectivity index (χ3v) is 4.72. The van der Waals surface area contributed by atoms with Crippen molar-refractivity contribution in [3.8, 4) is 11.4 Å². The zero-order chi connectivity index (χ0) is 21.1. The largest absolute Gasteiger partial charge is 0.360 e. The van der Waals surface area contributed by atoms with Crippen molar-refractivity contribution in [2.45, 2.75) is 13.0 Å². The molecule has 0 saturated heterocycles. The van der Waals surface area contributed by atoms with Gasteiger partial charge in [-0.15, -0.1) is 5.11 Å². The Bertz CT molecular complexity index is 1200. The van der Waals surface area contributed by atoms with Crippen molar-refractivity contribution in [3.63, 3.8) is 0 Å². The molecule has 4 rings (SSSR count). The number of nitrogens with zero attached hydrogens (tertiary/aromatic N) is 5. The summed E-state index contributed by atoms with van der Waals surface area (Å²) < 4.78 is 13.8. The SMILES string of the molecule is C/N=C1/NC=N/C1=C(/N=N)N[C@@H](C)c1cc2ccc(F)cc2nc1-c1ccccn1. The van der Waals surface area contributed by atoms with E-state index < -0.39 is 0 Å². The Morgan fingerprint density at radius 1 is 1.23 bits per heavy atom. The average Bonchev–Trinajstić information content (AvgIpc) is 3.25. The van der Waals surface area contributed by atoms with Crippen LogP contribution in [-0.4, -0.2) is 29.2 Å². The number of halogens is 1. The first-order valence-corrected chi connectivity index (χ1v) is 9.27. The standard InChI is InChI=1S/C21H19FN8/c1-12(28-21(30-23)19-20(24-2)27-11-26-19)15-9-13-6-7-14(22)10-17(13)29-18(15)16-5-3-4-8-25-16/h3-12,23,28H,1-2H3,(H,24,26,27)/b21-19+,30-23?/t12-/m0/s1. The number of aromatic nitrogens is 2.